The molecule has 6 heteroatoms. The van der Waals surface area contributed by atoms with E-state index in [1.807, 2.05) is 18.2 Å². The van der Waals surface area contributed by atoms with E-state index < -0.39 is 0 Å². The van der Waals surface area contributed by atoms with E-state index in [0.29, 0.717) is 11.9 Å². The highest BCUT2D eigenvalue weighted by Gasteiger charge is 2.29. The van der Waals surface area contributed by atoms with Crippen molar-refractivity contribution in [1.82, 2.24) is 10.2 Å². The van der Waals surface area contributed by atoms with Crippen LogP contribution in [0, 0.1) is 0 Å². The van der Waals surface area contributed by atoms with Crippen LogP contribution in [0.3, 0.4) is 0 Å². The molecule has 0 spiro atoms. The van der Waals surface area contributed by atoms with Gasteiger partial charge < -0.3 is 19.2 Å². The van der Waals surface area contributed by atoms with Crippen LogP contribution in [0.25, 0.3) is 0 Å². The SMILES string of the molecule is c1cc2c(cc1Nc1nnc(C3CC3)o1)OCO2. The molecular weight excluding hydrogens is 234 g/mol. The molecule has 1 aromatic carbocycles. The quantitative estimate of drug-likeness (QED) is 0.895. The molecule has 1 aromatic heterocycles. The molecule has 0 atom stereocenters. The molecule has 1 fully saturated rings. The number of anilines is 2. The Morgan fingerprint density at radius 1 is 1.11 bits per heavy atom. The minimum atomic E-state index is 0.269. The minimum absolute atomic E-state index is 0.269. The summed E-state index contributed by atoms with van der Waals surface area (Å²) in [4.78, 5) is 0. The Morgan fingerprint density at radius 3 is 2.89 bits per heavy atom. The third-order valence-electron chi connectivity index (χ3n) is 2.99. The van der Waals surface area contributed by atoms with Crippen LogP contribution in [0.5, 0.6) is 11.5 Å². The Bertz CT molecular complexity index is 592. The van der Waals surface area contributed by atoms with Crippen molar-refractivity contribution in [1.29, 1.82) is 0 Å². The summed E-state index contributed by atoms with van der Waals surface area (Å²) in [6.07, 6.45) is 2.29. The molecule has 1 saturated carbocycles. The van der Waals surface area contributed by atoms with Crippen LogP contribution in [0.15, 0.2) is 22.6 Å². The number of fused-ring (bicyclic) bond motifs is 1. The van der Waals surface area contributed by atoms with Gasteiger partial charge in [0.05, 0.1) is 0 Å². The number of benzene rings is 1. The highest BCUT2D eigenvalue weighted by Crippen LogP contribution is 2.40. The molecule has 92 valence electrons. The largest absolute Gasteiger partial charge is 0.454 e. The fraction of sp³-hybridized carbons (Fsp3) is 0.333. The molecule has 1 aliphatic heterocycles. The molecule has 0 unspecified atom stereocenters. The zero-order valence-electron chi connectivity index (χ0n) is 9.55. The molecule has 0 saturated heterocycles. The maximum absolute atomic E-state index is 5.53. The molecular formula is C12H11N3O3. The lowest BCUT2D eigenvalue weighted by Crippen LogP contribution is -1.93. The van der Waals surface area contributed by atoms with E-state index in [1.54, 1.807) is 0 Å². The van der Waals surface area contributed by atoms with E-state index in [0.717, 1.165) is 35.9 Å². The molecule has 4 rings (SSSR count). The standard InChI is InChI=1S/C12H11N3O3/c1-2-7(1)11-14-15-12(18-11)13-8-3-4-9-10(5-8)17-6-16-9/h3-5,7H,1-2,6H2,(H,13,15). The molecule has 0 bridgehead atoms. The third kappa shape index (κ3) is 1.66. The first kappa shape index (κ1) is 9.76. The summed E-state index contributed by atoms with van der Waals surface area (Å²) in [5, 5.41) is 11.0. The van der Waals surface area contributed by atoms with Crippen LogP contribution in [-0.2, 0) is 0 Å². The van der Waals surface area contributed by atoms with Gasteiger partial charge >= 0.3 is 6.01 Å². The van der Waals surface area contributed by atoms with Gasteiger partial charge in [0, 0.05) is 17.7 Å². The van der Waals surface area contributed by atoms with Gasteiger partial charge in [-0.05, 0) is 25.0 Å². The average molecular weight is 245 g/mol. The summed E-state index contributed by atoms with van der Waals surface area (Å²) in [5.41, 5.74) is 0.838. The zero-order valence-corrected chi connectivity index (χ0v) is 9.55. The Labute approximate surface area is 103 Å². The van der Waals surface area contributed by atoms with Crippen molar-refractivity contribution in [2.45, 2.75) is 18.8 Å². The number of rotatable bonds is 3. The lowest BCUT2D eigenvalue weighted by molar-refractivity contribution is 0.174. The lowest BCUT2D eigenvalue weighted by Gasteiger charge is -2.02. The van der Waals surface area contributed by atoms with Crippen LogP contribution in [0.1, 0.15) is 24.7 Å². The summed E-state index contributed by atoms with van der Waals surface area (Å²) >= 11 is 0. The van der Waals surface area contributed by atoms with Crippen molar-refractivity contribution in [3.8, 4) is 11.5 Å². The molecule has 18 heavy (non-hydrogen) atoms. The molecule has 0 amide bonds. The first-order chi connectivity index (χ1) is 8.88. The zero-order chi connectivity index (χ0) is 11.9. The minimum Gasteiger partial charge on any atom is -0.454 e. The van der Waals surface area contributed by atoms with Crippen LogP contribution >= 0.6 is 0 Å². The van der Waals surface area contributed by atoms with Gasteiger partial charge in [-0.15, -0.1) is 5.10 Å². The topological polar surface area (TPSA) is 69.4 Å². The van der Waals surface area contributed by atoms with Crippen molar-refractivity contribution in [2.75, 3.05) is 12.1 Å². The van der Waals surface area contributed by atoms with Gasteiger partial charge in [0.1, 0.15) is 0 Å². The van der Waals surface area contributed by atoms with E-state index in [9.17, 15) is 0 Å². The number of nitrogens with one attached hydrogen (secondary N) is 1. The van der Waals surface area contributed by atoms with Gasteiger partial charge in [0.25, 0.3) is 0 Å². The van der Waals surface area contributed by atoms with Crippen molar-refractivity contribution in [2.24, 2.45) is 0 Å². The van der Waals surface area contributed by atoms with Gasteiger partial charge in [0.2, 0.25) is 12.7 Å². The normalized spacial score (nSPS) is 16.9. The lowest BCUT2D eigenvalue weighted by atomic mass is 10.3. The van der Waals surface area contributed by atoms with E-state index >= 15 is 0 Å². The second kappa shape index (κ2) is 3.63. The van der Waals surface area contributed by atoms with Crippen molar-refractivity contribution in [3.63, 3.8) is 0 Å². The Kier molecular flexibility index (Phi) is 1.97. The molecule has 0 radical (unpaired) electrons. The third-order valence-corrected chi connectivity index (χ3v) is 2.99. The maximum Gasteiger partial charge on any atom is 0.320 e. The second-order valence-corrected chi connectivity index (χ2v) is 4.41. The fourth-order valence-electron chi connectivity index (χ4n) is 1.88. The molecule has 6 nitrogen and oxygen atoms in total. The smallest absolute Gasteiger partial charge is 0.320 e. The Hall–Kier alpha value is -2.24. The molecule has 1 N–H and O–H groups in total. The van der Waals surface area contributed by atoms with Gasteiger partial charge in [-0.3, -0.25) is 0 Å². The van der Waals surface area contributed by atoms with Gasteiger partial charge in [-0.2, -0.15) is 0 Å². The predicted octanol–water partition coefficient (Wildman–Crippen LogP) is 2.42. The monoisotopic (exact) mass is 245 g/mol. The number of ether oxygens (including phenoxy) is 2. The predicted molar refractivity (Wildman–Crippen MR) is 62.1 cm³/mol. The molecule has 1 aliphatic carbocycles. The first-order valence-electron chi connectivity index (χ1n) is 5.88. The van der Waals surface area contributed by atoms with Gasteiger partial charge in [-0.25, -0.2) is 0 Å². The van der Waals surface area contributed by atoms with Crippen LogP contribution in [0.2, 0.25) is 0 Å². The van der Waals surface area contributed by atoms with Crippen LogP contribution in [-0.4, -0.2) is 17.0 Å². The fourth-order valence-corrected chi connectivity index (χ4v) is 1.88. The highest BCUT2D eigenvalue weighted by atomic mass is 16.7. The maximum atomic E-state index is 5.53. The second-order valence-electron chi connectivity index (χ2n) is 4.41. The van der Waals surface area contributed by atoms with Gasteiger partial charge in [-0.1, -0.05) is 5.10 Å². The molecule has 2 heterocycles. The summed E-state index contributed by atoms with van der Waals surface area (Å²) < 4.78 is 16.1. The summed E-state index contributed by atoms with van der Waals surface area (Å²) in [5.74, 6) is 2.66. The van der Waals surface area contributed by atoms with E-state index in [4.69, 9.17) is 13.9 Å². The van der Waals surface area contributed by atoms with E-state index in [2.05, 4.69) is 15.5 Å². The van der Waals surface area contributed by atoms with Crippen molar-refractivity contribution in [3.05, 3.63) is 24.1 Å². The number of hydrogen-bond donors (Lipinski definition) is 1. The Morgan fingerprint density at radius 2 is 2.00 bits per heavy atom. The molecule has 2 aliphatic rings. The van der Waals surface area contributed by atoms with Crippen LogP contribution in [0.4, 0.5) is 11.7 Å². The highest BCUT2D eigenvalue weighted by molar-refractivity contribution is 5.59. The van der Waals surface area contributed by atoms with Crippen molar-refractivity contribution < 1.29 is 13.9 Å². The van der Waals surface area contributed by atoms with Gasteiger partial charge in [0.15, 0.2) is 11.5 Å². The Balaban J connectivity index is 1.56. The first-order valence-corrected chi connectivity index (χ1v) is 5.88. The summed E-state index contributed by atoms with van der Waals surface area (Å²) in [6.45, 7) is 0.269. The number of nitrogens with zero attached hydrogens (tertiary/aromatic N) is 2. The average Bonchev–Trinajstić information content (AvgIpc) is 2.95. The summed E-state index contributed by atoms with van der Waals surface area (Å²) in [6, 6.07) is 6.00. The number of aromatic nitrogens is 2. The van der Waals surface area contributed by atoms with E-state index in [1.165, 1.54) is 0 Å². The summed E-state index contributed by atoms with van der Waals surface area (Å²) in [7, 11) is 0. The number of hydrogen-bond acceptors (Lipinski definition) is 6. The van der Waals surface area contributed by atoms with Crippen LogP contribution < -0.4 is 14.8 Å². The molecule has 2 aromatic rings. The van der Waals surface area contributed by atoms with E-state index in [-0.39, 0.29) is 6.79 Å². The van der Waals surface area contributed by atoms with Crippen molar-refractivity contribution >= 4 is 11.7 Å².